The average Bonchev–Trinajstić information content (AvgIpc) is 3.18. The molecule has 3 rings (SSSR count). The van der Waals surface area contributed by atoms with Crippen molar-refractivity contribution in [3.05, 3.63) is 23.8 Å². The maximum absolute atomic E-state index is 12.9. The summed E-state index contributed by atoms with van der Waals surface area (Å²) in [6.07, 6.45) is 5.33. The number of likely N-dealkylation sites (tertiary alicyclic amines) is 1. The average molecular weight is 425 g/mol. The lowest BCUT2D eigenvalue weighted by molar-refractivity contribution is -0.129. The second-order valence-electron chi connectivity index (χ2n) is 8.19. The molecule has 162 valence electrons. The minimum atomic E-state index is -3.66. The molecule has 2 aliphatic rings. The fourth-order valence-electron chi connectivity index (χ4n) is 4.40. The highest BCUT2D eigenvalue weighted by atomic mass is 32.2. The number of methoxy groups -OCH3 is 2. The molecule has 0 aromatic heterocycles. The van der Waals surface area contributed by atoms with E-state index in [1.807, 2.05) is 12.1 Å². The Morgan fingerprint density at radius 2 is 1.86 bits per heavy atom. The van der Waals surface area contributed by atoms with Crippen LogP contribution in [0, 0.1) is 5.92 Å². The smallest absolute Gasteiger partial charge is 0.239 e. The van der Waals surface area contributed by atoms with Crippen LogP contribution in [0.2, 0.25) is 0 Å². The topological polar surface area (TPSA) is 84.9 Å². The predicted octanol–water partition coefficient (Wildman–Crippen LogP) is 2.87. The minimum absolute atomic E-state index is 0.0555. The maximum atomic E-state index is 12.9. The number of hydrogen-bond donors (Lipinski definition) is 1. The molecule has 1 saturated carbocycles. The van der Waals surface area contributed by atoms with E-state index in [1.54, 1.807) is 25.2 Å². The van der Waals surface area contributed by atoms with Crippen LogP contribution in [0.4, 0.5) is 0 Å². The van der Waals surface area contributed by atoms with Crippen molar-refractivity contribution in [1.29, 1.82) is 0 Å². The lowest BCUT2D eigenvalue weighted by Crippen LogP contribution is -2.43. The van der Waals surface area contributed by atoms with Crippen molar-refractivity contribution in [2.45, 2.75) is 57.5 Å². The summed E-state index contributed by atoms with van der Waals surface area (Å²) in [4.78, 5) is 14.6. The molecule has 1 saturated heterocycles. The molecular formula is C21H32N2O5S. The molecule has 1 amide bonds. The summed E-state index contributed by atoms with van der Waals surface area (Å²) in [5.41, 5.74) is 0.880. The molecule has 1 heterocycles. The number of hydrogen-bond acceptors (Lipinski definition) is 5. The van der Waals surface area contributed by atoms with Crippen LogP contribution in [-0.2, 0) is 14.8 Å². The van der Waals surface area contributed by atoms with Crippen LogP contribution in [0.5, 0.6) is 11.5 Å². The number of ether oxygens (including phenoxy) is 2. The maximum Gasteiger partial charge on any atom is 0.239 e. The Balaban J connectivity index is 1.68. The van der Waals surface area contributed by atoms with Crippen molar-refractivity contribution in [3.8, 4) is 11.5 Å². The zero-order valence-corrected chi connectivity index (χ0v) is 18.3. The van der Waals surface area contributed by atoms with E-state index in [0.717, 1.165) is 44.1 Å². The van der Waals surface area contributed by atoms with Gasteiger partial charge in [0.1, 0.15) is 17.3 Å². The largest absolute Gasteiger partial charge is 0.497 e. The van der Waals surface area contributed by atoms with E-state index >= 15 is 0 Å². The summed E-state index contributed by atoms with van der Waals surface area (Å²) in [5.74, 6) is 1.10. The van der Waals surface area contributed by atoms with Gasteiger partial charge < -0.3 is 14.4 Å². The van der Waals surface area contributed by atoms with E-state index in [0.29, 0.717) is 24.0 Å². The molecule has 0 spiro atoms. The van der Waals surface area contributed by atoms with Crippen molar-refractivity contribution in [3.63, 3.8) is 0 Å². The van der Waals surface area contributed by atoms with Gasteiger partial charge in [-0.25, -0.2) is 13.1 Å². The lowest BCUT2D eigenvalue weighted by Gasteiger charge is -2.28. The Kier molecular flexibility index (Phi) is 7.05. The van der Waals surface area contributed by atoms with Crippen molar-refractivity contribution in [2.75, 3.05) is 26.5 Å². The molecule has 1 aromatic rings. The van der Waals surface area contributed by atoms with Crippen LogP contribution < -0.4 is 14.2 Å². The zero-order valence-electron chi connectivity index (χ0n) is 17.5. The second-order valence-corrected chi connectivity index (χ2v) is 9.94. The number of benzene rings is 1. The third-order valence-corrected chi connectivity index (χ3v) is 7.37. The Bertz CT molecular complexity index is 818. The van der Waals surface area contributed by atoms with E-state index in [2.05, 4.69) is 11.6 Å². The van der Waals surface area contributed by atoms with Gasteiger partial charge in [0, 0.05) is 24.2 Å². The number of carbonyl (C=O) groups excluding carboxylic acids is 1. The number of amides is 1. The Morgan fingerprint density at radius 1 is 1.14 bits per heavy atom. The van der Waals surface area contributed by atoms with Crippen LogP contribution in [0.1, 0.15) is 57.1 Å². The second kappa shape index (κ2) is 9.34. The van der Waals surface area contributed by atoms with Crippen molar-refractivity contribution in [2.24, 2.45) is 5.92 Å². The lowest BCUT2D eigenvalue weighted by atomic mass is 9.88. The molecule has 0 radical (unpaired) electrons. The van der Waals surface area contributed by atoms with E-state index in [1.165, 1.54) is 0 Å². The molecule has 0 bridgehead atoms. The molecule has 1 aliphatic carbocycles. The molecule has 1 unspecified atom stereocenters. The van der Waals surface area contributed by atoms with Crippen molar-refractivity contribution < 1.29 is 22.7 Å². The number of sulfonamides is 1. The molecular weight excluding hydrogens is 392 g/mol. The van der Waals surface area contributed by atoms with E-state index < -0.39 is 15.8 Å². The van der Waals surface area contributed by atoms with Crippen molar-refractivity contribution in [1.82, 2.24) is 9.62 Å². The first-order valence-corrected chi connectivity index (χ1v) is 12.0. The monoisotopic (exact) mass is 424 g/mol. The molecule has 29 heavy (non-hydrogen) atoms. The highest BCUT2D eigenvalue weighted by molar-refractivity contribution is 7.90. The van der Waals surface area contributed by atoms with E-state index in [4.69, 9.17) is 9.47 Å². The summed E-state index contributed by atoms with van der Waals surface area (Å²) < 4.78 is 38.7. The predicted molar refractivity (Wildman–Crippen MR) is 112 cm³/mol. The molecule has 1 aromatic carbocycles. The number of nitrogens with one attached hydrogen (secondary N) is 1. The van der Waals surface area contributed by atoms with Gasteiger partial charge in [-0.15, -0.1) is 0 Å². The first-order chi connectivity index (χ1) is 13.8. The first-order valence-electron chi connectivity index (χ1n) is 10.3. The van der Waals surface area contributed by atoms with Gasteiger partial charge in [-0.05, 0) is 56.6 Å². The number of rotatable bonds is 7. The summed E-state index contributed by atoms with van der Waals surface area (Å²) in [7, 11) is -0.490. The van der Waals surface area contributed by atoms with Gasteiger partial charge in [0.2, 0.25) is 15.9 Å². The highest BCUT2D eigenvalue weighted by Gasteiger charge is 2.34. The van der Waals surface area contributed by atoms with E-state index in [9.17, 15) is 13.2 Å². The summed E-state index contributed by atoms with van der Waals surface area (Å²) in [6, 6.07) is 5.28. The van der Waals surface area contributed by atoms with Gasteiger partial charge in [-0.3, -0.25) is 4.79 Å². The molecule has 7 nitrogen and oxygen atoms in total. The molecule has 8 heteroatoms. The van der Waals surface area contributed by atoms with Crippen LogP contribution in [-0.4, -0.2) is 51.8 Å². The van der Waals surface area contributed by atoms with Crippen molar-refractivity contribution >= 4 is 15.9 Å². The Labute approximate surface area is 173 Å². The highest BCUT2D eigenvalue weighted by Crippen LogP contribution is 2.38. The number of nitrogens with zero attached hydrogens (tertiary/aromatic N) is 1. The quantitative estimate of drug-likeness (QED) is 0.728. The Morgan fingerprint density at radius 3 is 2.52 bits per heavy atom. The molecule has 1 atom stereocenters. The fourth-order valence-corrected chi connectivity index (χ4v) is 5.72. The summed E-state index contributed by atoms with van der Waals surface area (Å²) in [6.45, 7) is 2.74. The van der Waals surface area contributed by atoms with Crippen LogP contribution >= 0.6 is 0 Å². The standard InChI is InChI=1S/C21H32N2O5S/c1-15-6-8-16(9-7-15)22-29(25,26)14-21(24)23-12-4-5-19(23)18-11-10-17(27-2)13-20(18)28-3/h10-11,13,15-16,19,22H,4-9,12,14H2,1-3H3. The van der Waals surface area contributed by atoms with Gasteiger partial charge >= 0.3 is 0 Å². The van der Waals surface area contributed by atoms with Gasteiger partial charge in [0.05, 0.1) is 20.3 Å². The SMILES string of the molecule is COc1ccc(C2CCCN2C(=O)CS(=O)(=O)NC2CCC(C)CC2)c(OC)c1. The molecule has 2 fully saturated rings. The Hall–Kier alpha value is -1.80. The van der Waals surface area contributed by atoms with E-state index in [-0.39, 0.29) is 18.0 Å². The minimum Gasteiger partial charge on any atom is -0.497 e. The van der Waals surface area contributed by atoms with Gasteiger partial charge in [0.15, 0.2) is 0 Å². The number of carbonyl (C=O) groups is 1. The van der Waals surface area contributed by atoms with Gasteiger partial charge in [-0.2, -0.15) is 0 Å². The van der Waals surface area contributed by atoms with Crippen LogP contribution in [0.25, 0.3) is 0 Å². The summed E-state index contributed by atoms with van der Waals surface area (Å²) in [5, 5.41) is 0. The molecule has 1 aliphatic heterocycles. The molecule has 1 N–H and O–H groups in total. The van der Waals surface area contributed by atoms with Crippen LogP contribution in [0.15, 0.2) is 18.2 Å². The normalized spacial score (nSPS) is 25.1. The van der Waals surface area contributed by atoms with Crippen LogP contribution in [0.3, 0.4) is 0 Å². The third kappa shape index (κ3) is 5.42. The third-order valence-electron chi connectivity index (χ3n) is 6.05. The zero-order chi connectivity index (χ0) is 21.0. The first kappa shape index (κ1) is 21.9. The van der Waals surface area contributed by atoms with Gasteiger partial charge in [-0.1, -0.05) is 6.92 Å². The fraction of sp³-hybridized carbons (Fsp3) is 0.667. The summed E-state index contributed by atoms with van der Waals surface area (Å²) >= 11 is 0. The van der Waals surface area contributed by atoms with Gasteiger partial charge in [0.25, 0.3) is 0 Å².